The zero-order chi connectivity index (χ0) is 13.5. The first-order chi connectivity index (χ1) is 9.29. The van der Waals surface area contributed by atoms with Crippen LogP contribution in [0.15, 0.2) is 67.3 Å². The number of hydrogen-bond acceptors (Lipinski definition) is 2. The highest BCUT2D eigenvalue weighted by molar-refractivity contribution is 5.74. The molecule has 0 radical (unpaired) electrons. The van der Waals surface area contributed by atoms with Crippen LogP contribution < -0.4 is 0 Å². The van der Waals surface area contributed by atoms with Gasteiger partial charge in [-0.05, 0) is 16.7 Å². The Morgan fingerprint density at radius 3 is 2.53 bits per heavy atom. The summed E-state index contributed by atoms with van der Waals surface area (Å²) in [5, 5.41) is 0. The zero-order valence-corrected chi connectivity index (χ0v) is 10.7. The summed E-state index contributed by atoms with van der Waals surface area (Å²) in [6, 6.07) is 18.0. The Kier molecular flexibility index (Phi) is 4.51. The van der Waals surface area contributed by atoms with Crippen LogP contribution in [0.2, 0.25) is 0 Å². The van der Waals surface area contributed by atoms with E-state index < -0.39 is 0 Å². The average molecular weight is 252 g/mol. The number of hydrogen-bond donors (Lipinski definition) is 0. The minimum Gasteiger partial charge on any atom is -0.461 e. The van der Waals surface area contributed by atoms with Gasteiger partial charge in [0.05, 0.1) is 6.42 Å². The summed E-state index contributed by atoms with van der Waals surface area (Å²) in [6.45, 7) is 3.78. The Hall–Kier alpha value is -2.35. The van der Waals surface area contributed by atoms with Crippen LogP contribution >= 0.6 is 0 Å². The lowest BCUT2D eigenvalue weighted by Crippen LogP contribution is -2.07. The van der Waals surface area contributed by atoms with Gasteiger partial charge in [0.1, 0.15) is 6.61 Å². The Morgan fingerprint density at radius 2 is 1.79 bits per heavy atom. The zero-order valence-electron chi connectivity index (χ0n) is 10.7. The van der Waals surface area contributed by atoms with Crippen molar-refractivity contribution < 1.29 is 9.53 Å². The molecule has 0 spiro atoms. The van der Waals surface area contributed by atoms with E-state index in [1.165, 1.54) is 0 Å². The third-order valence-electron chi connectivity index (χ3n) is 2.74. The molecule has 0 unspecified atom stereocenters. The normalized spacial score (nSPS) is 9.89. The molecule has 0 aromatic heterocycles. The van der Waals surface area contributed by atoms with Crippen molar-refractivity contribution in [2.24, 2.45) is 0 Å². The van der Waals surface area contributed by atoms with Crippen molar-refractivity contribution in [1.82, 2.24) is 0 Å². The molecule has 0 aliphatic carbocycles. The van der Waals surface area contributed by atoms with E-state index in [4.69, 9.17) is 4.74 Å². The number of rotatable bonds is 5. The van der Waals surface area contributed by atoms with Gasteiger partial charge >= 0.3 is 5.97 Å². The number of esters is 1. The van der Waals surface area contributed by atoms with Crippen LogP contribution in [0.4, 0.5) is 0 Å². The van der Waals surface area contributed by atoms with Crippen molar-refractivity contribution in [3.8, 4) is 11.1 Å². The van der Waals surface area contributed by atoms with Gasteiger partial charge in [-0.3, -0.25) is 4.79 Å². The highest BCUT2D eigenvalue weighted by atomic mass is 16.5. The average Bonchev–Trinajstić information content (AvgIpc) is 2.46. The Balaban J connectivity index is 2.11. The van der Waals surface area contributed by atoms with Crippen molar-refractivity contribution in [2.45, 2.75) is 6.42 Å². The minimum atomic E-state index is -0.231. The summed E-state index contributed by atoms with van der Waals surface area (Å²) in [5.74, 6) is -0.231. The van der Waals surface area contributed by atoms with Gasteiger partial charge in [0.2, 0.25) is 0 Å². The van der Waals surface area contributed by atoms with E-state index in [2.05, 4.69) is 18.7 Å². The van der Waals surface area contributed by atoms with E-state index in [9.17, 15) is 4.79 Å². The lowest BCUT2D eigenvalue weighted by molar-refractivity contribution is -0.141. The van der Waals surface area contributed by atoms with Crippen LogP contribution in [0, 0.1) is 0 Å². The van der Waals surface area contributed by atoms with Gasteiger partial charge in [0, 0.05) is 0 Å². The van der Waals surface area contributed by atoms with Crippen molar-refractivity contribution in [1.29, 1.82) is 0 Å². The van der Waals surface area contributed by atoms with Crippen LogP contribution in [0.25, 0.3) is 11.1 Å². The molecule has 0 saturated heterocycles. The summed E-state index contributed by atoms with van der Waals surface area (Å²) in [6.07, 6.45) is 1.85. The van der Waals surface area contributed by atoms with Crippen molar-refractivity contribution in [2.75, 3.05) is 6.61 Å². The Bertz CT molecular complexity index is 558. The van der Waals surface area contributed by atoms with E-state index in [-0.39, 0.29) is 19.0 Å². The quantitative estimate of drug-likeness (QED) is 0.600. The predicted octanol–water partition coefficient (Wildman–Crippen LogP) is 3.63. The number of benzene rings is 2. The standard InChI is InChI=1S/C17H16O2/c1-2-11-19-17(18)13-14-7-6-10-16(12-14)15-8-4-3-5-9-15/h2-10,12H,1,11,13H2. The molecule has 0 bridgehead atoms. The molecular formula is C17H16O2. The van der Waals surface area contributed by atoms with Gasteiger partial charge in [-0.1, -0.05) is 67.3 Å². The summed E-state index contributed by atoms with van der Waals surface area (Å²) >= 11 is 0. The van der Waals surface area contributed by atoms with E-state index in [1.807, 2.05) is 42.5 Å². The van der Waals surface area contributed by atoms with Gasteiger partial charge in [-0.15, -0.1) is 0 Å². The molecule has 0 N–H and O–H groups in total. The van der Waals surface area contributed by atoms with Gasteiger partial charge in [-0.2, -0.15) is 0 Å². The third-order valence-corrected chi connectivity index (χ3v) is 2.74. The topological polar surface area (TPSA) is 26.3 Å². The minimum absolute atomic E-state index is 0.231. The molecule has 0 aliphatic rings. The predicted molar refractivity (Wildman–Crippen MR) is 76.7 cm³/mol. The van der Waals surface area contributed by atoms with Crippen LogP contribution in [0.1, 0.15) is 5.56 Å². The van der Waals surface area contributed by atoms with Gasteiger partial charge < -0.3 is 4.74 Å². The molecule has 2 aromatic rings. The molecule has 0 fully saturated rings. The maximum atomic E-state index is 11.5. The molecule has 2 rings (SSSR count). The highest BCUT2D eigenvalue weighted by Crippen LogP contribution is 2.20. The van der Waals surface area contributed by atoms with Gasteiger partial charge in [0.15, 0.2) is 0 Å². The van der Waals surface area contributed by atoms with Crippen LogP contribution in [-0.2, 0) is 16.0 Å². The molecule has 2 aromatic carbocycles. The molecule has 2 heteroatoms. The van der Waals surface area contributed by atoms with Crippen LogP contribution in [0.3, 0.4) is 0 Å². The monoisotopic (exact) mass is 252 g/mol. The molecule has 0 aliphatic heterocycles. The maximum absolute atomic E-state index is 11.5. The Morgan fingerprint density at radius 1 is 1.05 bits per heavy atom. The van der Waals surface area contributed by atoms with Crippen molar-refractivity contribution in [3.63, 3.8) is 0 Å². The van der Waals surface area contributed by atoms with Crippen molar-refractivity contribution >= 4 is 5.97 Å². The number of carbonyl (C=O) groups excluding carboxylic acids is 1. The van der Waals surface area contributed by atoms with Gasteiger partial charge in [-0.25, -0.2) is 0 Å². The SMILES string of the molecule is C=CCOC(=O)Cc1cccc(-c2ccccc2)c1. The molecule has 0 saturated carbocycles. The lowest BCUT2D eigenvalue weighted by atomic mass is 10.0. The summed E-state index contributed by atoms with van der Waals surface area (Å²) < 4.78 is 4.98. The fraction of sp³-hybridized carbons (Fsp3) is 0.118. The van der Waals surface area contributed by atoms with Crippen molar-refractivity contribution in [3.05, 3.63) is 72.8 Å². The molecule has 96 valence electrons. The fourth-order valence-corrected chi connectivity index (χ4v) is 1.86. The number of carbonyl (C=O) groups is 1. The van der Waals surface area contributed by atoms with Gasteiger partial charge in [0.25, 0.3) is 0 Å². The first kappa shape index (κ1) is 13.1. The molecule has 0 heterocycles. The second-order valence-corrected chi connectivity index (χ2v) is 4.21. The smallest absolute Gasteiger partial charge is 0.310 e. The largest absolute Gasteiger partial charge is 0.461 e. The van der Waals surface area contributed by atoms with Crippen LogP contribution in [-0.4, -0.2) is 12.6 Å². The lowest BCUT2D eigenvalue weighted by Gasteiger charge is -2.05. The van der Waals surface area contributed by atoms with Crippen LogP contribution in [0.5, 0.6) is 0 Å². The first-order valence-corrected chi connectivity index (χ1v) is 6.20. The maximum Gasteiger partial charge on any atom is 0.310 e. The Labute approximate surface area is 113 Å². The second kappa shape index (κ2) is 6.55. The summed E-state index contributed by atoms with van der Waals surface area (Å²) in [7, 11) is 0. The molecule has 19 heavy (non-hydrogen) atoms. The third kappa shape index (κ3) is 3.81. The number of ether oxygens (including phenoxy) is 1. The van der Waals surface area contributed by atoms with E-state index in [0.29, 0.717) is 0 Å². The fourth-order valence-electron chi connectivity index (χ4n) is 1.86. The van der Waals surface area contributed by atoms with E-state index in [1.54, 1.807) is 6.08 Å². The van der Waals surface area contributed by atoms with E-state index >= 15 is 0 Å². The highest BCUT2D eigenvalue weighted by Gasteiger charge is 2.05. The summed E-state index contributed by atoms with van der Waals surface area (Å²) in [5.41, 5.74) is 3.20. The molecule has 0 atom stereocenters. The molecule has 2 nitrogen and oxygen atoms in total. The molecule has 0 amide bonds. The van der Waals surface area contributed by atoms with E-state index in [0.717, 1.165) is 16.7 Å². The first-order valence-electron chi connectivity index (χ1n) is 6.20. The molecular weight excluding hydrogens is 236 g/mol. The summed E-state index contributed by atoms with van der Waals surface area (Å²) in [4.78, 5) is 11.5. The second-order valence-electron chi connectivity index (χ2n) is 4.21.